The van der Waals surface area contributed by atoms with E-state index in [1.54, 1.807) is 0 Å². The van der Waals surface area contributed by atoms with Gasteiger partial charge in [0.2, 0.25) is 0 Å². The Kier molecular flexibility index (Phi) is 4.82. The summed E-state index contributed by atoms with van der Waals surface area (Å²) in [6, 6.07) is 15.2. The number of fused-ring (bicyclic) bond motifs is 1. The van der Waals surface area contributed by atoms with Crippen LogP contribution in [0.15, 0.2) is 54.7 Å². The zero-order valence-electron chi connectivity index (χ0n) is 13.5. The van der Waals surface area contributed by atoms with E-state index in [1.165, 1.54) is 7.11 Å². The molecule has 1 unspecified atom stereocenters. The van der Waals surface area contributed by atoms with Gasteiger partial charge in [0.05, 0.1) is 7.11 Å². The van der Waals surface area contributed by atoms with Gasteiger partial charge in [-0.25, -0.2) is 0 Å². The highest BCUT2D eigenvalue weighted by atomic mass is 16.5. The molecule has 0 aliphatic heterocycles. The topological polar surface area (TPSA) is 77.3 Å². The van der Waals surface area contributed by atoms with Crippen LogP contribution in [-0.2, 0) is 22.6 Å². The van der Waals surface area contributed by atoms with Crippen molar-refractivity contribution >= 4 is 16.9 Å². The first-order chi connectivity index (χ1) is 11.7. The van der Waals surface area contributed by atoms with Gasteiger partial charge < -0.3 is 20.2 Å². The zero-order valence-corrected chi connectivity index (χ0v) is 13.5. The van der Waals surface area contributed by atoms with Crippen LogP contribution < -0.4 is 10.5 Å². The largest absolute Gasteiger partial charge is 0.489 e. The van der Waals surface area contributed by atoms with Crippen LogP contribution in [0.1, 0.15) is 11.1 Å². The molecule has 0 fully saturated rings. The third-order valence-electron chi connectivity index (χ3n) is 3.93. The number of methoxy groups -OCH3 is 1. The molecule has 3 N–H and O–H groups in total. The van der Waals surface area contributed by atoms with Crippen molar-refractivity contribution in [3.63, 3.8) is 0 Å². The fraction of sp³-hybridized carbons (Fsp3) is 0.211. The molecular formula is C19H20N2O3. The Labute approximate surface area is 140 Å². The molecular weight excluding hydrogens is 304 g/mol. The summed E-state index contributed by atoms with van der Waals surface area (Å²) in [6.07, 6.45) is 2.30. The number of carbonyl (C=O) groups is 1. The molecule has 0 aliphatic carbocycles. The quantitative estimate of drug-likeness (QED) is 0.684. The van der Waals surface area contributed by atoms with Gasteiger partial charge in [0.15, 0.2) is 0 Å². The minimum Gasteiger partial charge on any atom is -0.489 e. The predicted octanol–water partition coefficient (Wildman–Crippen LogP) is 2.79. The number of H-pyrrole nitrogens is 1. The normalized spacial score (nSPS) is 12.1. The third-order valence-corrected chi connectivity index (χ3v) is 3.93. The minimum atomic E-state index is -0.664. The van der Waals surface area contributed by atoms with Crippen molar-refractivity contribution in [3.8, 4) is 5.75 Å². The summed E-state index contributed by atoms with van der Waals surface area (Å²) in [5.41, 5.74) is 8.89. The van der Waals surface area contributed by atoms with Gasteiger partial charge in [-0.15, -0.1) is 0 Å². The number of aromatic amines is 1. The third kappa shape index (κ3) is 3.58. The first-order valence-corrected chi connectivity index (χ1v) is 7.77. The molecule has 0 saturated heterocycles. The number of nitrogens with one attached hydrogen (secondary N) is 1. The van der Waals surface area contributed by atoms with E-state index < -0.39 is 12.0 Å². The zero-order chi connectivity index (χ0) is 16.9. The lowest BCUT2D eigenvalue weighted by Crippen LogP contribution is -2.33. The smallest absolute Gasteiger partial charge is 0.322 e. The molecule has 3 rings (SSSR count). The molecule has 0 amide bonds. The van der Waals surface area contributed by atoms with Crippen LogP contribution in [-0.4, -0.2) is 24.1 Å². The average Bonchev–Trinajstić information content (AvgIpc) is 3.02. The summed E-state index contributed by atoms with van der Waals surface area (Å²) in [5.74, 6) is 0.379. The summed E-state index contributed by atoms with van der Waals surface area (Å²) in [7, 11) is 1.34. The molecule has 1 heterocycles. The second-order valence-corrected chi connectivity index (χ2v) is 5.63. The lowest BCUT2D eigenvalue weighted by atomic mass is 10.1. The van der Waals surface area contributed by atoms with Crippen LogP contribution in [0.3, 0.4) is 0 Å². The number of esters is 1. The number of benzene rings is 2. The lowest BCUT2D eigenvalue weighted by molar-refractivity contribution is -0.142. The van der Waals surface area contributed by atoms with E-state index >= 15 is 0 Å². The molecule has 2 aromatic carbocycles. The van der Waals surface area contributed by atoms with Crippen molar-refractivity contribution in [2.24, 2.45) is 5.73 Å². The maximum absolute atomic E-state index is 11.5. The van der Waals surface area contributed by atoms with E-state index in [9.17, 15) is 4.79 Å². The number of hydrogen-bond donors (Lipinski definition) is 2. The SMILES string of the molecule is COC(=O)C(N)Cc1c[nH]c2cc(OCc3ccccc3)ccc12. The van der Waals surface area contributed by atoms with Crippen molar-refractivity contribution < 1.29 is 14.3 Å². The van der Waals surface area contributed by atoms with Crippen molar-refractivity contribution in [1.29, 1.82) is 0 Å². The highest BCUT2D eigenvalue weighted by Gasteiger charge is 2.16. The molecule has 5 heteroatoms. The first-order valence-electron chi connectivity index (χ1n) is 7.77. The van der Waals surface area contributed by atoms with E-state index in [-0.39, 0.29) is 0 Å². The fourth-order valence-corrected chi connectivity index (χ4v) is 2.64. The Balaban J connectivity index is 1.72. The maximum Gasteiger partial charge on any atom is 0.322 e. The minimum absolute atomic E-state index is 0.410. The predicted molar refractivity (Wildman–Crippen MR) is 92.8 cm³/mol. The summed E-state index contributed by atoms with van der Waals surface area (Å²) in [5, 5.41) is 1.03. The van der Waals surface area contributed by atoms with Gasteiger partial charge in [0.1, 0.15) is 18.4 Å². The van der Waals surface area contributed by atoms with Gasteiger partial charge in [-0.2, -0.15) is 0 Å². The number of carbonyl (C=O) groups excluding carboxylic acids is 1. The summed E-state index contributed by atoms with van der Waals surface area (Å²) in [4.78, 5) is 14.7. The van der Waals surface area contributed by atoms with Gasteiger partial charge in [-0.05, 0) is 23.3 Å². The van der Waals surface area contributed by atoms with E-state index in [0.29, 0.717) is 13.0 Å². The molecule has 1 atom stereocenters. The molecule has 24 heavy (non-hydrogen) atoms. The Morgan fingerprint density at radius 2 is 2.00 bits per heavy atom. The van der Waals surface area contributed by atoms with Gasteiger partial charge in [-0.1, -0.05) is 30.3 Å². The van der Waals surface area contributed by atoms with Crippen LogP contribution in [0.2, 0.25) is 0 Å². The lowest BCUT2D eigenvalue weighted by Gasteiger charge is -2.09. The van der Waals surface area contributed by atoms with Crippen LogP contribution >= 0.6 is 0 Å². The molecule has 0 spiro atoms. The van der Waals surface area contributed by atoms with Crippen LogP contribution in [0, 0.1) is 0 Å². The van der Waals surface area contributed by atoms with E-state index in [4.69, 9.17) is 10.5 Å². The van der Waals surface area contributed by atoms with Crippen LogP contribution in [0.5, 0.6) is 5.75 Å². The summed E-state index contributed by atoms with van der Waals surface area (Å²) >= 11 is 0. The highest BCUT2D eigenvalue weighted by molar-refractivity contribution is 5.85. The van der Waals surface area contributed by atoms with E-state index in [1.807, 2.05) is 54.7 Å². The number of hydrogen-bond acceptors (Lipinski definition) is 4. The maximum atomic E-state index is 11.5. The molecule has 0 saturated carbocycles. The monoisotopic (exact) mass is 324 g/mol. The van der Waals surface area contributed by atoms with Crippen molar-refractivity contribution in [3.05, 3.63) is 65.9 Å². The Hall–Kier alpha value is -2.79. The summed E-state index contributed by atoms with van der Waals surface area (Å²) in [6.45, 7) is 0.521. The number of nitrogens with two attached hydrogens (primary N) is 1. The average molecular weight is 324 g/mol. The van der Waals surface area contributed by atoms with Gasteiger partial charge >= 0.3 is 5.97 Å². The molecule has 0 aliphatic rings. The van der Waals surface area contributed by atoms with Gasteiger partial charge in [0, 0.05) is 29.6 Å². The Bertz CT molecular complexity index is 827. The first kappa shape index (κ1) is 16.1. The van der Waals surface area contributed by atoms with Gasteiger partial charge in [0.25, 0.3) is 0 Å². The number of ether oxygens (including phenoxy) is 2. The fourth-order valence-electron chi connectivity index (χ4n) is 2.64. The standard InChI is InChI=1S/C19H20N2O3/c1-23-19(22)17(20)9-14-11-21-18-10-15(7-8-16(14)18)24-12-13-5-3-2-4-6-13/h2-8,10-11,17,21H,9,12,20H2,1H3. The molecule has 0 bridgehead atoms. The van der Waals surface area contributed by atoms with Gasteiger partial charge in [-0.3, -0.25) is 4.79 Å². The molecule has 5 nitrogen and oxygen atoms in total. The van der Waals surface area contributed by atoms with E-state index in [2.05, 4.69) is 9.72 Å². The molecule has 124 valence electrons. The van der Waals surface area contributed by atoms with E-state index in [0.717, 1.165) is 27.8 Å². The Morgan fingerprint density at radius 1 is 1.21 bits per heavy atom. The second-order valence-electron chi connectivity index (χ2n) is 5.63. The van der Waals surface area contributed by atoms with Crippen LogP contribution in [0.25, 0.3) is 10.9 Å². The Morgan fingerprint density at radius 3 is 2.75 bits per heavy atom. The summed E-state index contributed by atoms with van der Waals surface area (Å²) < 4.78 is 10.5. The van der Waals surface area contributed by atoms with Crippen LogP contribution in [0.4, 0.5) is 0 Å². The molecule has 0 radical (unpaired) electrons. The number of rotatable bonds is 6. The molecule has 3 aromatic rings. The van der Waals surface area contributed by atoms with Crippen molar-refractivity contribution in [1.82, 2.24) is 4.98 Å². The van der Waals surface area contributed by atoms with Crippen molar-refractivity contribution in [2.75, 3.05) is 7.11 Å². The highest BCUT2D eigenvalue weighted by Crippen LogP contribution is 2.24. The molecule has 1 aromatic heterocycles. The number of aromatic nitrogens is 1. The second kappa shape index (κ2) is 7.19. The van der Waals surface area contributed by atoms with Crippen molar-refractivity contribution in [2.45, 2.75) is 19.1 Å².